The summed E-state index contributed by atoms with van der Waals surface area (Å²) in [7, 11) is 0. The van der Waals surface area contributed by atoms with Gasteiger partial charge in [-0.05, 0) is 37.6 Å². The van der Waals surface area contributed by atoms with E-state index in [4.69, 9.17) is 4.74 Å². The van der Waals surface area contributed by atoms with E-state index in [0.717, 1.165) is 11.3 Å². The van der Waals surface area contributed by atoms with E-state index in [-0.39, 0.29) is 11.8 Å². The lowest BCUT2D eigenvalue weighted by atomic mass is 10.2. The van der Waals surface area contributed by atoms with Gasteiger partial charge in [-0.2, -0.15) is 0 Å². The Morgan fingerprint density at radius 2 is 2.29 bits per heavy atom. The van der Waals surface area contributed by atoms with Crippen molar-refractivity contribution in [1.29, 1.82) is 0 Å². The first-order chi connectivity index (χ1) is 8.13. The summed E-state index contributed by atoms with van der Waals surface area (Å²) >= 11 is 0. The number of benzene rings is 1. The van der Waals surface area contributed by atoms with Crippen LogP contribution in [-0.2, 0) is 9.53 Å². The van der Waals surface area contributed by atoms with E-state index in [1.165, 1.54) is 18.2 Å². The number of hydrogen-bond donors (Lipinski definition) is 1. The molecule has 0 radical (unpaired) electrons. The molecule has 0 atom stereocenters. The standard InChI is InChI=1S/C13H16FNO2/c1-3-17-13(16)5-4-8-15-12-7-6-11(14)9-10(12)2/h4-7,9,15H,3,8H2,1-2H3/b5-4+. The Balaban J connectivity index is 2.43. The molecule has 0 aliphatic heterocycles. The van der Waals surface area contributed by atoms with Crippen molar-refractivity contribution >= 4 is 11.7 Å². The lowest BCUT2D eigenvalue weighted by Crippen LogP contribution is -2.03. The van der Waals surface area contributed by atoms with Crippen molar-refractivity contribution in [2.24, 2.45) is 0 Å². The van der Waals surface area contributed by atoms with Gasteiger partial charge in [-0.15, -0.1) is 0 Å². The Kier molecular flexibility index (Phi) is 5.20. The monoisotopic (exact) mass is 237 g/mol. The van der Waals surface area contributed by atoms with Crippen LogP contribution >= 0.6 is 0 Å². The fourth-order valence-electron chi connectivity index (χ4n) is 1.34. The quantitative estimate of drug-likeness (QED) is 0.632. The topological polar surface area (TPSA) is 38.3 Å². The maximum atomic E-state index is 12.8. The van der Waals surface area contributed by atoms with Crippen LogP contribution in [-0.4, -0.2) is 19.1 Å². The van der Waals surface area contributed by atoms with Crippen molar-refractivity contribution in [3.05, 3.63) is 41.7 Å². The number of anilines is 1. The SMILES string of the molecule is CCOC(=O)/C=C/CNc1ccc(F)cc1C. The first kappa shape index (κ1) is 13.2. The molecule has 17 heavy (non-hydrogen) atoms. The maximum absolute atomic E-state index is 12.8. The minimum absolute atomic E-state index is 0.255. The molecule has 1 aromatic rings. The predicted octanol–water partition coefficient (Wildman–Crippen LogP) is 2.67. The second-order valence-corrected chi connectivity index (χ2v) is 3.49. The van der Waals surface area contributed by atoms with Crippen LogP contribution in [0, 0.1) is 12.7 Å². The third kappa shape index (κ3) is 4.68. The summed E-state index contributed by atoms with van der Waals surface area (Å²) < 4.78 is 17.6. The van der Waals surface area contributed by atoms with E-state index >= 15 is 0 Å². The van der Waals surface area contributed by atoms with Gasteiger partial charge < -0.3 is 10.1 Å². The van der Waals surface area contributed by atoms with Crippen molar-refractivity contribution in [3.8, 4) is 0 Å². The normalized spacial score (nSPS) is 10.5. The van der Waals surface area contributed by atoms with Crippen LogP contribution in [0.15, 0.2) is 30.4 Å². The summed E-state index contributed by atoms with van der Waals surface area (Å²) in [5.74, 6) is -0.611. The second kappa shape index (κ2) is 6.68. The zero-order valence-electron chi connectivity index (χ0n) is 10.00. The predicted molar refractivity (Wildman–Crippen MR) is 65.4 cm³/mol. The number of aryl methyl sites for hydroxylation is 1. The molecule has 4 heteroatoms. The third-order valence-corrected chi connectivity index (χ3v) is 2.14. The molecule has 1 rings (SSSR count). The van der Waals surface area contributed by atoms with Crippen molar-refractivity contribution < 1.29 is 13.9 Å². The van der Waals surface area contributed by atoms with Gasteiger partial charge in [-0.3, -0.25) is 0 Å². The van der Waals surface area contributed by atoms with Crippen LogP contribution in [0.5, 0.6) is 0 Å². The highest BCUT2D eigenvalue weighted by Gasteiger charge is 1.98. The van der Waals surface area contributed by atoms with Gasteiger partial charge in [-0.25, -0.2) is 9.18 Å². The lowest BCUT2D eigenvalue weighted by molar-refractivity contribution is -0.137. The molecule has 0 saturated carbocycles. The molecule has 0 fully saturated rings. The molecular formula is C13H16FNO2. The van der Waals surface area contributed by atoms with Crippen molar-refractivity contribution in [2.45, 2.75) is 13.8 Å². The summed E-state index contributed by atoms with van der Waals surface area (Å²) in [5, 5.41) is 3.08. The molecular weight excluding hydrogens is 221 g/mol. The molecule has 0 aliphatic rings. The summed E-state index contributed by atoms with van der Waals surface area (Å²) in [6.07, 6.45) is 3.04. The number of hydrogen-bond acceptors (Lipinski definition) is 3. The van der Waals surface area contributed by atoms with Gasteiger partial charge in [0.2, 0.25) is 0 Å². The second-order valence-electron chi connectivity index (χ2n) is 3.49. The van der Waals surface area contributed by atoms with Crippen molar-refractivity contribution in [3.63, 3.8) is 0 Å². The molecule has 92 valence electrons. The summed E-state index contributed by atoms with van der Waals surface area (Å²) in [6.45, 7) is 4.44. The molecule has 1 N–H and O–H groups in total. The average molecular weight is 237 g/mol. The minimum atomic E-state index is -0.356. The van der Waals surface area contributed by atoms with Crippen LogP contribution in [0.1, 0.15) is 12.5 Å². The van der Waals surface area contributed by atoms with Crippen molar-refractivity contribution in [1.82, 2.24) is 0 Å². The van der Waals surface area contributed by atoms with E-state index in [9.17, 15) is 9.18 Å². The number of carbonyl (C=O) groups excluding carboxylic acids is 1. The van der Waals surface area contributed by atoms with Gasteiger partial charge in [0.15, 0.2) is 0 Å². The van der Waals surface area contributed by atoms with Crippen LogP contribution in [0.25, 0.3) is 0 Å². The first-order valence-electron chi connectivity index (χ1n) is 5.46. The highest BCUT2D eigenvalue weighted by molar-refractivity contribution is 5.81. The van der Waals surface area contributed by atoms with E-state index in [0.29, 0.717) is 13.2 Å². The number of halogens is 1. The molecule has 0 amide bonds. The van der Waals surface area contributed by atoms with Crippen LogP contribution < -0.4 is 5.32 Å². The highest BCUT2D eigenvalue weighted by atomic mass is 19.1. The largest absolute Gasteiger partial charge is 0.463 e. The Morgan fingerprint density at radius 3 is 2.94 bits per heavy atom. The van der Waals surface area contributed by atoms with Crippen LogP contribution in [0.2, 0.25) is 0 Å². The molecule has 0 bridgehead atoms. The fraction of sp³-hybridized carbons (Fsp3) is 0.308. The van der Waals surface area contributed by atoms with Gasteiger partial charge in [0, 0.05) is 18.3 Å². The van der Waals surface area contributed by atoms with Gasteiger partial charge in [0.25, 0.3) is 0 Å². The summed E-state index contributed by atoms with van der Waals surface area (Å²) in [4.78, 5) is 11.0. The lowest BCUT2D eigenvalue weighted by Gasteiger charge is -2.06. The number of carbonyl (C=O) groups is 1. The average Bonchev–Trinajstić information content (AvgIpc) is 2.27. The van der Waals surface area contributed by atoms with E-state index < -0.39 is 0 Å². The fourth-order valence-corrected chi connectivity index (χ4v) is 1.34. The van der Waals surface area contributed by atoms with Crippen LogP contribution in [0.3, 0.4) is 0 Å². The zero-order valence-corrected chi connectivity index (χ0v) is 10.00. The van der Waals surface area contributed by atoms with Gasteiger partial charge >= 0.3 is 5.97 Å². The molecule has 0 aliphatic carbocycles. The Hall–Kier alpha value is -1.84. The smallest absolute Gasteiger partial charge is 0.330 e. The minimum Gasteiger partial charge on any atom is -0.463 e. The summed E-state index contributed by atoms with van der Waals surface area (Å²) in [5.41, 5.74) is 1.68. The van der Waals surface area contributed by atoms with Gasteiger partial charge in [0.05, 0.1) is 6.61 Å². The van der Waals surface area contributed by atoms with Crippen LogP contribution in [0.4, 0.5) is 10.1 Å². The Labute approximate surface area is 100 Å². The van der Waals surface area contributed by atoms with Gasteiger partial charge in [-0.1, -0.05) is 6.08 Å². The molecule has 0 spiro atoms. The zero-order chi connectivity index (χ0) is 12.7. The number of esters is 1. The Morgan fingerprint density at radius 1 is 1.53 bits per heavy atom. The summed E-state index contributed by atoms with van der Waals surface area (Å²) in [6, 6.07) is 4.52. The van der Waals surface area contributed by atoms with E-state index in [1.807, 2.05) is 6.92 Å². The molecule has 3 nitrogen and oxygen atoms in total. The maximum Gasteiger partial charge on any atom is 0.330 e. The molecule has 0 aromatic heterocycles. The molecule has 0 saturated heterocycles. The highest BCUT2D eigenvalue weighted by Crippen LogP contribution is 2.15. The molecule has 0 unspecified atom stereocenters. The molecule has 0 heterocycles. The molecule has 1 aromatic carbocycles. The number of rotatable bonds is 5. The number of ether oxygens (including phenoxy) is 1. The van der Waals surface area contributed by atoms with Gasteiger partial charge in [0.1, 0.15) is 5.82 Å². The first-order valence-corrected chi connectivity index (χ1v) is 5.46. The van der Waals surface area contributed by atoms with Crippen molar-refractivity contribution in [2.75, 3.05) is 18.5 Å². The number of nitrogens with one attached hydrogen (secondary N) is 1. The third-order valence-electron chi connectivity index (χ3n) is 2.14. The van der Waals surface area contributed by atoms with E-state index in [1.54, 1.807) is 19.1 Å². The Bertz CT molecular complexity index is 416. The van der Waals surface area contributed by atoms with E-state index in [2.05, 4.69) is 5.32 Å².